The number of hydrogen-bond donors (Lipinski definition) is 0. The lowest BCUT2D eigenvalue weighted by Gasteiger charge is -2.36. The summed E-state index contributed by atoms with van der Waals surface area (Å²) in [5.74, 6) is 0. The van der Waals surface area contributed by atoms with Crippen molar-refractivity contribution >= 4 is 28.3 Å². The van der Waals surface area contributed by atoms with Gasteiger partial charge in [-0.2, -0.15) is 0 Å². The summed E-state index contributed by atoms with van der Waals surface area (Å²) in [7, 11) is 0. The lowest BCUT2D eigenvalue weighted by Crippen LogP contribution is -2.46. The van der Waals surface area contributed by atoms with E-state index in [1.165, 1.54) is 0 Å². The van der Waals surface area contributed by atoms with E-state index < -0.39 is 0 Å². The minimum Gasteiger partial charge on any atom is -0.423 e. The van der Waals surface area contributed by atoms with Gasteiger partial charge in [0.25, 0.3) is 0 Å². The van der Waals surface area contributed by atoms with Gasteiger partial charge in [0.2, 0.25) is 0 Å². The van der Waals surface area contributed by atoms with Gasteiger partial charge in [-0.1, -0.05) is 35.9 Å². The van der Waals surface area contributed by atoms with Gasteiger partial charge in [-0.3, -0.25) is 4.90 Å². The van der Waals surface area contributed by atoms with E-state index in [2.05, 4.69) is 21.9 Å². The molecule has 2 aromatic carbocycles. The molecule has 0 N–H and O–H groups in total. The van der Waals surface area contributed by atoms with Crippen LogP contribution in [0, 0.1) is 6.92 Å². The normalized spacial score (nSPS) is 15.5. The van der Waals surface area contributed by atoms with Crippen LogP contribution in [0.2, 0.25) is 5.02 Å². The zero-order valence-electron chi connectivity index (χ0n) is 14.7. The average molecular weight is 369 g/mol. The van der Waals surface area contributed by atoms with Crippen LogP contribution in [0.25, 0.3) is 11.0 Å². The van der Waals surface area contributed by atoms with Crippen LogP contribution in [0.1, 0.15) is 11.1 Å². The van der Waals surface area contributed by atoms with Gasteiger partial charge in [0, 0.05) is 44.2 Å². The molecule has 0 saturated carbocycles. The van der Waals surface area contributed by atoms with E-state index in [1.54, 1.807) is 6.07 Å². The lowest BCUT2D eigenvalue weighted by atomic mass is 10.1. The predicted molar refractivity (Wildman–Crippen MR) is 106 cm³/mol. The first-order chi connectivity index (χ1) is 12.6. The molecule has 0 aliphatic carbocycles. The number of anilines is 1. The van der Waals surface area contributed by atoms with E-state index in [1.807, 2.05) is 37.3 Å². The monoisotopic (exact) mass is 368 g/mol. The summed E-state index contributed by atoms with van der Waals surface area (Å²) in [4.78, 5) is 16.6. The minimum absolute atomic E-state index is 0.284. The van der Waals surface area contributed by atoms with Crippen molar-refractivity contribution in [2.45, 2.75) is 13.5 Å². The molecule has 134 valence electrons. The lowest BCUT2D eigenvalue weighted by molar-refractivity contribution is 0.250. The Labute approximate surface area is 157 Å². The van der Waals surface area contributed by atoms with E-state index in [0.717, 1.165) is 59.9 Å². The molecular formula is C21H21ClN2O2. The maximum absolute atomic E-state index is 11.9. The summed E-state index contributed by atoms with van der Waals surface area (Å²) in [5.41, 5.74) is 3.60. The molecule has 4 nitrogen and oxygen atoms in total. The molecule has 5 heteroatoms. The number of piperazine rings is 1. The zero-order valence-corrected chi connectivity index (χ0v) is 15.5. The van der Waals surface area contributed by atoms with E-state index in [0.29, 0.717) is 5.58 Å². The van der Waals surface area contributed by atoms with Crippen LogP contribution in [0.15, 0.2) is 57.7 Å². The fourth-order valence-electron chi connectivity index (χ4n) is 3.56. The Balaban J connectivity index is 1.51. The highest BCUT2D eigenvalue weighted by molar-refractivity contribution is 6.33. The summed E-state index contributed by atoms with van der Waals surface area (Å²) in [6.07, 6.45) is 0. The van der Waals surface area contributed by atoms with Gasteiger partial charge < -0.3 is 9.32 Å². The van der Waals surface area contributed by atoms with Crippen LogP contribution in [0.3, 0.4) is 0 Å². The van der Waals surface area contributed by atoms with Crippen LogP contribution in [-0.2, 0) is 6.54 Å². The summed E-state index contributed by atoms with van der Waals surface area (Å²) < 4.78 is 5.36. The van der Waals surface area contributed by atoms with E-state index in [4.69, 9.17) is 16.0 Å². The molecule has 0 amide bonds. The van der Waals surface area contributed by atoms with Crippen LogP contribution in [0.5, 0.6) is 0 Å². The number of nitrogens with zero attached hydrogens (tertiary/aromatic N) is 2. The van der Waals surface area contributed by atoms with Crippen molar-refractivity contribution in [2.24, 2.45) is 0 Å². The molecule has 26 heavy (non-hydrogen) atoms. The second kappa shape index (κ2) is 7.14. The van der Waals surface area contributed by atoms with Crippen molar-refractivity contribution in [1.29, 1.82) is 0 Å². The van der Waals surface area contributed by atoms with Gasteiger partial charge in [-0.15, -0.1) is 0 Å². The highest BCUT2D eigenvalue weighted by Crippen LogP contribution is 2.27. The SMILES string of the molecule is Cc1ccc2c(CN3CCN(c4ccccc4Cl)CC3)cc(=O)oc2c1. The Morgan fingerprint density at radius 3 is 2.58 bits per heavy atom. The first-order valence-corrected chi connectivity index (χ1v) is 9.23. The largest absolute Gasteiger partial charge is 0.423 e. The van der Waals surface area contributed by atoms with Gasteiger partial charge in [0.15, 0.2) is 0 Å². The average Bonchev–Trinajstić information content (AvgIpc) is 2.62. The summed E-state index contributed by atoms with van der Waals surface area (Å²) >= 11 is 6.32. The fourth-order valence-corrected chi connectivity index (χ4v) is 3.82. The van der Waals surface area contributed by atoms with Crippen LogP contribution >= 0.6 is 11.6 Å². The molecule has 1 aliphatic heterocycles. The molecule has 0 spiro atoms. The van der Waals surface area contributed by atoms with Crippen molar-refractivity contribution < 1.29 is 4.42 Å². The molecule has 0 radical (unpaired) electrons. The van der Waals surface area contributed by atoms with Crippen molar-refractivity contribution in [3.8, 4) is 0 Å². The second-order valence-electron chi connectivity index (χ2n) is 6.80. The third-order valence-electron chi connectivity index (χ3n) is 4.95. The van der Waals surface area contributed by atoms with Gasteiger partial charge in [0.05, 0.1) is 10.7 Å². The van der Waals surface area contributed by atoms with E-state index >= 15 is 0 Å². The standard InChI is InChI=1S/C21H21ClN2O2/c1-15-6-7-17-16(13-21(25)26-20(17)12-15)14-23-8-10-24(11-9-23)19-5-3-2-4-18(19)22/h2-7,12-13H,8-11,14H2,1H3. The molecular weight excluding hydrogens is 348 g/mol. The molecule has 4 rings (SSSR count). The third-order valence-corrected chi connectivity index (χ3v) is 5.26. The summed E-state index contributed by atoms with van der Waals surface area (Å²) in [6, 6.07) is 15.6. The van der Waals surface area contributed by atoms with Gasteiger partial charge in [0.1, 0.15) is 5.58 Å². The first kappa shape index (κ1) is 17.1. The van der Waals surface area contributed by atoms with Crippen molar-refractivity contribution in [3.05, 3.63) is 75.1 Å². The zero-order chi connectivity index (χ0) is 18.1. The topological polar surface area (TPSA) is 36.7 Å². The minimum atomic E-state index is -0.284. The highest BCUT2D eigenvalue weighted by Gasteiger charge is 2.19. The number of para-hydroxylation sites is 1. The quantitative estimate of drug-likeness (QED) is 0.653. The molecule has 2 heterocycles. The molecule has 0 unspecified atom stereocenters. The Hall–Kier alpha value is -2.30. The number of rotatable bonds is 3. The van der Waals surface area contributed by atoms with Gasteiger partial charge in [-0.05, 0) is 36.2 Å². The highest BCUT2D eigenvalue weighted by atomic mass is 35.5. The molecule has 1 aromatic heterocycles. The smallest absolute Gasteiger partial charge is 0.336 e. The number of hydrogen-bond acceptors (Lipinski definition) is 4. The number of halogens is 1. The number of fused-ring (bicyclic) bond motifs is 1. The van der Waals surface area contributed by atoms with Crippen molar-refractivity contribution in [1.82, 2.24) is 4.90 Å². The number of benzene rings is 2. The molecule has 1 saturated heterocycles. The second-order valence-corrected chi connectivity index (χ2v) is 7.21. The van der Waals surface area contributed by atoms with Crippen molar-refractivity contribution in [3.63, 3.8) is 0 Å². The molecule has 0 bridgehead atoms. The molecule has 0 atom stereocenters. The molecule has 1 fully saturated rings. The van der Waals surface area contributed by atoms with Gasteiger partial charge in [-0.25, -0.2) is 4.79 Å². The summed E-state index contributed by atoms with van der Waals surface area (Å²) in [5, 5.41) is 1.81. The maximum atomic E-state index is 11.9. The fraction of sp³-hybridized carbons (Fsp3) is 0.286. The van der Waals surface area contributed by atoms with Crippen LogP contribution in [-0.4, -0.2) is 31.1 Å². The van der Waals surface area contributed by atoms with E-state index in [-0.39, 0.29) is 5.63 Å². The van der Waals surface area contributed by atoms with Crippen LogP contribution in [0.4, 0.5) is 5.69 Å². The van der Waals surface area contributed by atoms with Crippen molar-refractivity contribution in [2.75, 3.05) is 31.1 Å². The summed E-state index contributed by atoms with van der Waals surface area (Å²) in [6.45, 7) is 6.45. The molecule has 1 aliphatic rings. The Morgan fingerprint density at radius 2 is 1.81 bits per heavy atom. The number of aryl methyl sites for hydroxylation is 1. The maximum Gasteiger partial charge on any atom is 0.336 e. The third kappa shape index (κ3) is 3.48. The molecule has 3 aromatic rings. The Bertz CT molecular complexity index is 991. The van der Waals surface area contributed by atoms with Gasteiger partial charge >= 0.3 is 5.63 Å². The Morgan fingerprint density at radius 1 is 1.04 bits per heavy atom. The Kier molecular flexibility index (Phi) is 4.70. The predicted octanol–water partition coefficient (Wildman–Crippen LogP) is 4.08. The van der Waals surface area contributed by atoms with E-state index in [9.17, 15) is 4.79 Å². The van der Waals surface area contributed by atoms with Crippen LogP contribution < -0.4 is 10.5 Å². The first-order valence-electron chi connectivity index (χ1n) is 8.85.